The Hall–Kier alpha value is -2.23. The molecule has 2 aromatic rings. The fraction of sp³-hybridized carbons (Fsp3) is 0.353. The predicted octanol–water partition coefficient (Wildman–Crippen LogP) is 3.89. The molecule has 21 heavy (non-hydrogen) atoms. The Morgan fingerprint density at radius 3 is 2.81 bits per heavy atom. The van der Waals surface area contributed by atoms with Crippen molar-refractivity contribution in [1.82, 2.24) is 0 Å². The molecule has 0 spiro atoms. The van der Waals surface area contributed by atoms with Gasteiger partial charge in [-0.3, -0.25) is 0 Å². The van der Waals surface area contributed by atoms with Crippen LogP contribution in [-0.4, -0.2) is 18.6 Å². The lowest BCUT2D eigenvalue weighted by Crippen LogP contribution is -2.18. The molecule has 0 aliphatic heterocycles. The normalized spacial score (nSPS) is 11.9. The summed E-state index contributed by atoms with van der Waals surface area (Å²) in [6.45, 7) is 4.27. The predicted molar refractivity (Wildman–Crippen MR) is 82.5 cm³/mol. The van der Waals surface area contributed by atoms with E-state index in [-0.39, 0.29) is 12.0 Å². The lowest BCUT2D eigenvalue weighted by molar-refractivity contribution is 0.0527. The van der Waals surface area contributed by atoms with Crippen molar-refractivity contribution in [3.8, 4) is 0 Å². The Morgan fingerprint density at radius 2 is 2.10 bits per heavy atom. The number of aryl methyl sites for hydroxylation is 1. The molecule has 0 bridgehead atoms. The van der Waals surface area contributed by atoms with Gasteiger partial charge in [0.2, 0.25) is 0 Å². The van der Waals surface area contributed by atoms with Crippen LogP contribution in [0, 0.1) is 0 Å². The van der Waals surface area contributed by atoms with Gasteiger partial charge in [0.25, 0.3) is 0 Å². The van der Waals surface area contributed by atoms with Crippen LogP contribution < -0.4 is 5.32 Å². The van der Waals surface area contributed by atoms with Crippen molar-refractivity contribution in [2.45, 2.75) is 32.7 Å². The van der Waals surface area contributed by atoms with Crippen LogP contribution in [0.4, 0.5) is 5.69 Å². The summed E-state index contributed by atoms with van der Waals surface area (Å²) in [6, 6.07) is 11.5. The zero-order valence-corrected chi connectivity index (χ0v) is 12.5. The van der Waals surface area contributed by atoms with Crippen molar-refractivity contribution in [2.75, 3.05) is 11.9 Å². The number of hydrogen-bond acceptors (Lipinski definition) is 4. The van der Waals surface area contributed by atoms with Crippen LogP contribution in [0.15, 0.2) is 47.1 Å². The monoisotopic (exact) mass is 287 g/mol. The maximum atomic E-state index is 11.9. The summed E-state index contributed by atoms with van der Waals surface area (Å²) in [5, 5.41) is 3.37. The first-order valence-electron chi connectivity index (χ1n) is 7.25. The standard InChI is InChI=1S/C17H21NO3/c1-3-20-17(19)15-8-4-5-9-16(15)18-13(2)10-11-14-7-6-12-21-14/h4-9,12-13,18H,3,10-11H2,1-2H3. The van der Waals surface area contributed by atoms with Crippen molar-refractivity contribution in [3.63, 3.8) is 0 Å². The van der Waals surface area contributed by atoms with Crippen LogP contribution in [0.1, 0.15) is 36.4 Å². The number of carbonyl (C=O) groups excluding carboxylic acids is 1. The molecule has 2 rings (SSSR count). The highest BCUT2D eigenvalue weighted by molar-refractivity contribution is 5.95. The number of benzene rings is 1. The van der Waals surface area contributed by atoms with Crippen molar-refractivity contribution < 1.29 is 13.9 Å². The Labute approximate surface area is 125 Å². The van der Waals surface area contributed by atoms with Crippen LogP contribution in [0.5, 0.6) is 0 Å². The second-order valence-corrected chi connectivity index (χ2v) is 4.93. The molecule has 1 heterocycles. The van der Waals surface area contributed by atoms with Crippen LogP contribution >= 0.6 is 0 Å². The molecule has 1 aromatic heterocycles. The summed E-state index contributed by atoms with van der Waals surface area (Å²) >= 11 is 0. The largest absolute Gasteiger partial charge is 0.469 e. The smallest absolute Gasteiger partial charge is 0.340 e. The van der Waals surface area contributed by atoms with Crippen molar-refractivity contribution >= 4 is 11.7 Å². The Kier molecular flexibility index (Phi) is 5.43. The molecule has 0 radical (unpaired) electrons. The molecule has 0 saturated carbocycles. The quantitative estimate of drug-likeness (QED) is 0.785. The first kappa shape index (κ1) is 15.2. The minimum atomic E-state index is -0.293. The molecular formula is C17H21NO3. The molecule has 0 aliphatic rings. The molecule has 0 saturated heterocycles. The van der Waals surface area contributed by atoms with E-state index in [2.05, 4.69) is 12.2 Å². The van der Waals surface area contributed by atoms with E-state index in [1.54, 1.807) is 19.3 Å². The fourth-order valence-electron chi connectivity index (χ4n) is 2.15. The second-order valence-electron chi connectivity index (χ2n) is 4.93. The number of nitrogens with one attached hydrogen (secondary N) is 1. The summed E-state index contributed by atoms with van der Waals surface area (Å²) in [6.07, 6.45) is 3.47. The molecular weight excluding hydrogens is 266 g/mol. The third-order valence-corrected chi connectivity index (χ3v) is 3.23. The third-order valence-electron chi connectivity index (χ3n) is 3.23. The van der Waals surface area contributed by atoms with E-state index in [0.29, 0.717) is 12.2 Å². The van der Waals surface area contributed by atoms with Gasteiger partial charge >= 0.3 is 5.97 Å². The van der Waals surface area contributed by atoms with Crippen molar-refractivity contribution in [1.29, 1.82) is 0 Å². The highest BCUT2D eigenvalue weighted by atomic mass is 16.5. The van der Waals surface area contributed by atoms with E-state index >= 15 is 0 Å². The van der Waals surface area contributed by atoms with E-state index in [0.717, 1.165) is 24.3 Å². The maximum absolute atomic E-state index is 11.9. The summed E-state index contributed by atoms with van der Waals surface area (Å²) in [5.41, 5.74) is 1.38. The molecule has 4 heteroatoms. The molecule has 0 fully saturated rings. The van der Waals surface area contributed by atoms with Gasteiger partial charge in [-0.05, 0) is 44.5 Å². The number of rotatable bonds is 7. The zero-order valence-electron chi connectivity index (χ0n) is 12.5. The van der Waals surface area contributed by atoms with Gasteiger partial charge in [0.15, 0.2) is 0 Å². The molecule has 4 nitrogen and oxygen atoms in total. The number of anilines is 1. The molecule has 1 aromatic carbocycles. The Balaban J connectivity index is 1.96. The first-order chi connectivity index (χ1) is 10.2. The fourth-order valence-corrected chi connectivity index (χ4v) is 2.15. The van der Waals surface area contributed by atoms with E-state index in [1.165, 1.54) is 0 Å². The first-order valence-corrected chi connectivity index (χ1v) is 7.25. The lowest BCUT2D eigenvalue weighted by Gasteiger charge is -2.17. The number of para-hydroxylation sites is 1. The zero-order chi connectivity index (χ0) is 15.1. The van der Waals surface area contributed by atoms with E-state index in [9.17, 15) is 4.79 Å². The third kappa shape index (κ3) is 4.38. The van der Waals surface area contributed by atoms with Gasteiger partial charge in [-0.2, -0.15) is 0 Å². The van der Waals surface area contributed by atoms with E-state index < -0.39 is 0 Å². The second kappa shape index (κ2) is 7.53. The van der Waals surface area contributed by atoms with Crippen LogP contribution in [0.2, 0.25) is 0 Å². The van der Waals surface area contributed by atoms with E-state index in [1.807, 2.05) is 30.3 Å². The van der Waals surface area contributed by atoms with Gasteiger partial charge in [0.05, 0.1) is 18.4 Å². The van der Waals surface area contributed by atoms with Crippen molar-refractivity contribution in [3.05, 3.63) is 54.0 Å². The van der Waals surface area contributed by atoms with Gasteiger partial charge in [-0.15, -0.1) is 0 Å². The van der Waals surface area contributed by atoms with Crippen molar-refractivity contribution in [2.24, 2.45) is 0 Å². The van der Waals surface area contributed by atoms with Crippen LogP contribution in [0.25, 0.3) is 0 Å². The van der Waals surface area contributed by atoms with Gasteiger partial charge in [-0.25, -0.2) is 4.79 Å². The number of hydrogen-bond donors (Lipinski definition) is 1. The Morgan fingerprint density at radius 1 is 1.29 bits per heavy atom. The number of furan rings is 1. The van der Waals surface area contributed by atoms with Crippen LogP contribution in [-0.2, 0) is 11.2 Å². The summed E-state index contributed by atoms with van der Waals surface area (Å²) < 4.78 is 10.4. The van der Waals surface area contributed by atoms with Gasteiger partial charge < -0.3 is 14.5 Å². The summed E-state index contributed by atoms with van der Waals surface area (Å²) in [7, 11) is 0. The van der Waals surface area contributed by atoms with Gasteiger partial charge in [-0.1, -0.05) is 12.1 Å². The van der Waals surface area contributed by atoms with E-state index in [4.69, 9.17) is 9.15 Å². The molecule has 1 N–H and O–H groups in total. The van der Waals surface area contributed by atoms with Gasteiger partial charge in [0, 0.05) is 18.2 Å². The number of ether oxygens (including phenoxy) is 1. The van der Waals surface area contributed by atoms with Crippen LogP contribution in [0.3, 0.4) is 0 Å². The van der Waals surface area contributed by atoms with Gasteiger partial charge in [0.1, 0.15) is 5.76 Å². The minimum Gasteiger partial charge on any atom is -0.469 e. The average molecular weight is 287 g/mol. The molecule has 0 amide bonds. The number of esters is 1. The number of carbonyl (C=O) groups is 1. The summed E-state index contributed by atoms with van der Waals surface area (Å²) in [4.78, 5) is 11.9. The highest BCUT2D eigenvalue weighted by Gasteiger charge is 2.13. The minimum absolute atomic E-state index is 0.227. The molecule has 112 valence electrons. The SMILES string of the molecule is CCOC(=O)c1ccccc1NC(C)CCc1ccco1. The molecule has 1 atom stereocenters. The maximum Gasteiger partial charge on any atom is 0.340 e. The summed E-state index contributed by atoms with van der Waals surface area (Å²) in [5.74, 6) is 0.682. The lowest BCUT2D eigenvalue weighted by atomic mass is 10.1. The topological polar surface area (TPSA) is 51.5 Å². The highest BCUT2D eigenvalue weighted by Crippen LogP contribution is 2.18. The molecule has 1 unspecified atom stereocenters. The average Bonchev–Trinajstić information content (AvgIpc) is 2.99. The Bertz CT molecular complexity index is 563. The molecule has 0 aliphatic carbocycles.